The number of carbonyl (C=O) groups is 2. The van der Waals surface area contributed by atoms with Gasteiger partial charge in [0.05, 0.1) is 13.2 Å². The van der Waals surface area contributed by atoms with Crippen molar-refractivity contribution in [1.29, 1.82) is 0 Å². The molecule has 1 rings (SSSR count). The summed E-state index contributed by atoms with van der Waals surface area (Å²) in [7, 11) is 0. The van der Waals surface area contributed by atoms with Crippen molar-refractivity contribution in [1.82, 2.24) is 5.48 Å². The molecule has 0 aliphatic heterocycles. The Morgan fingerprint density at radius 3 is 2.16 bits per heavy atom. The number of nitrogens with one attached hydrogen (secondary N) is 1. The van der Waals surface area contributed by atoms with E-state index in [2.05, 4.69) is 5.48 Å². The third-order valence-electron chi connectivity index (χ3n) is 2.45. The highest BCUT2D eigenvalue weighted by Gasteiger charge is 2.22. The molecule has 0 aliphatic carbocycles. The number of aliphatic hydroxyl groups excluding tert-OH is 1. The number of benzene rings is 1. The van der Waals surface area contributed by atoms with E-state index in [1.807, 2.05) is 20.8 Å². The number of hydrogen-bond donors (Lipinski definition) is 2. The van der Waals surface area contributed by atoms with Gasteiger partial charge < -0.3 is 5.11 Å². The molecule has 1 amide bonds. The lowest BCUT2D eigenvalue weighted by Crippen LogP contribution is -2.25. The molecule has 1 aromatic carbocycles. The van der Waals surface area contributed by atoms with Crippen LogP contribution >= 0.6 is 0 Å². The highest BCUT2D eigenvalue weighted by Crippen LogP contribution is 2.20. The van der Waals surface area contributed by atoms with Crippen molar-refractivity contribution in [3.8, 4) is 0 Å². The molecule has 0 saturated carbocycles. The molecule has 2 N–H and O–H groups in total. The van der Waals surface area contributed by atoms with Crippen LogP contribution in [0, 0.1) is 5.41 Å². The smallest absolute Gasteiger partial charge is 0.274 e. The highest BCUT2D eigenvalue weighted by molar-refractivity contribution is 6.01. The van der Waals surface area contributed by atoms with Gasteiger partial charge in [0.15, 0.2) is 5.78 Å². The van der Waals surface area contributed by atoms with Crippen LogP contribution in [0.1, 0.15) is 41.5 Å². The standard InChI is InChI=1S/C14H19NO4/c1-14(2,3)12(17)10-4-6-11(7-5-10)13(18)15-19-9-8-16/h4-7,16H,8-9H2,1-3H3,(H,15,18). The Morgan fingerprint density at radius 1 is 1.16 bits per heavy atom. The molecule has 0 spiro atoms. The van der Waals surface area contributed by atoms with Crippen molar-refractivity contribution in [3.63, 3.8) is 0 Å². The van der Waals surface area contributed by atoms with Gasteiger partial charge in [-0.05, 0) is 12.1 Å². The summed E-state index contributed by atoms with van der Waals surface area (Å²) >= 11 is 0. The summed E-state index contributed by atoms with van der Waals surface area (Å²) in [5.41, 5.74) is 2.71. The van der Waals surface area contributed by atoms with Gasteiger partial charge in [-0.25, -0.2) is 5.48 Å². The number of amides is 1. The predicted octanol–water partition coefficient (Wildman–Crippen LogP) is 1.57. The van der Waals surface area contributed by atoms with E-state index in [4.69, 9.17) is 9.94 Å². The van der Waals surface area contributed by atoms with Crippen LogP contribution in [0.25, 0.3) is 0 Å². The fourth-order valence-corrected chi connectivity index (χ4v) is 1.43. The Labute approximate surface area is 112 Å². The Morgan fingerprint density at radius 2 is 1.68 bits per heavy atom. The van der Waals surface area contributed by atoms with E-state index in [0.717, 1.165) is 0 Å². The molecule has 19 heavy (non-hydrogen) atoms. The first-order chi connectivity index (χ1) is 8.86. The molecule has 104 valence electrons. The number of aliphatic hydroxyl groups is 1. The molecule has 0 radical (unpaired) electrons. The first-order valence-electron chi connectivity index (χ1n) is 6.04. The topological polar surface area (TPSA) is 75.6 Å². The van der Waals surface area contributed by atoms with Crippen LogP contribution in [0.5, 0.6) is 0 Å². The maximum absolute atomic E-state index is 12.0. The summed E-state index contributed by atoms with van der Waals surface area (Å²) in [5.74, 6) is -0.390. The maximum atomic E-state index is 12.0. The van der Waals surface area contributed by atoms with Crippen molar-refractivity contribution < 1.29 is 19.5 Å². The lowest BCUT2D eigenvalue weighted by molar-refractivity contribution is 0.0168. The van der Waals surface area contributed by atoms with Gasteiger partial charge in [0.25, 0.3) is 5.91 Å². The maximum Gasteiger partial charge on any atom is 0.274 e. The summed E-state index contributed by atoms with van der Waals surface area (Å²) in [5, 5.41) is 8.51. The van der Waals surface area contributed by atoms with E-state index in [1.54, 1.807) is 24.3 Å². The molecule has 0 aromatic heterocycles. The third-order valence-corrected chi connectivity index (χ3v) is 2.45. The van der Waals surface area contributed by atoms with Crippen LogP contribution < -0.4 is 5.48 Å². The quantitative estimate of drug-likeness (QED) is 0.481. The van der Waals surface area contributed by atoms with Crippen LogP contribution in [0.4, 0.5) is 0 Å². The highest BCUT2D eigenvalue weighted by atomic mass is 16.7. The Bertz CT molecular complexity index is 446. The molecular formula is C14H19NO4. The van der Waals surface area contributed by atoms with Gasteiger partial charge in [-0.3, -0.25) is 14.4 Å². The van der Waals surface area contributed by atoms with Crippen LogP contribution in [-0.2, 0) is 4.84 Å². The van der Waals surface area contributed by atoms with Gasteiger partial charge in [0.2, 0.25) is 0 Å². The lowest BCUT2D eigenvalue weighted by atomic mass is 9.86. The number of ketones is 1. The van der Waals surface area contributed by atoms with E-state index in [1.165, 1.54) is 0 Å². The molecule has 0 aliphatic rings. The molecule has 5 nitrogen and oxygen atoms in total. The first-order valence-corrected chi connectivity index (χ1v) is 6.04. The summed E-state index contributed by atoms with van der Waals surface area (Å²) in [6.45, 7) is 5.40. The number of Topliss-reactive ketones (excluding diaryl/α,β-unsaturated/α-hetero) is 1. The van der Waals surface area contributed by atoms with Gasteiger partial charge in [0, 0.05) is 16.5 Å². The zero-order valence-electron chi connectivity index (χ0n) is 11.4. The number of rotatable bonds is 5. The third kappa shape index (κ3) is 4.46. The molecule has 5 heteroatoms. The molecule has 0 fully saturated rings. The van der Waals surface area contributed by atoms with E-state index in [9.17, 15) is 9.59 Å². The van der Waals surface area contributed by atoms with Crippen molar-refractivity contribution in [2.24, 2.45) is 5.41 Å². The Hall–Kier alpha value is -1.72. The molecule has 0 heterocycles. The molecule has 0 bridgehead atoms. The van der Waals surface area contributed by atoms with Gasteiger partial charge in [-0.2, -0.15) is 0 Å². The second kappa shape index (κ2) is 6.45. The van der Waals surface area contributed by atoms with Gasteiger partial charge in [0.1, 0.15) is 0 Å². The monoisotopic (exact) mass is 265 g/mol. The SMILES string of the molecule is CC(C)(C)C(=O)c1ccc(C(=O)NOCCO)cc1. The Balaban J connectivity index is 2.71. The molecular weight excluding hydrogens is 246 g/mol. The first kappa shape index (κ1) is 15.3. The Kier molecular flexibility index (Phi) is 5.20. The van der Waals surface area contributed by atoms with E-state index in [0.29, 0.717) is 11.1 Å². The largest absolute Gasteiger partial charge is 0.394 e. The zero-order valence-corrected chi connectivity index (χ0v) is 11.4. The van der Waals surface area contributed by atoms with Crippen molar-refractivity contribution >= 4 is 11.7 Å². The van der Waals surface area contributed by atoms with E-state index >= 15 is 0 Å². The van der Waals surface area contributed by atoms with Crippen LogP contribution in [0.15, 0.2) is 24.3 Å². The van der Waals surface area contributed by atoms with Crippen LogP contribution in [0.3, 0.4) is 0 Å². The van der Waals surface area contributed by atoms with E-state index in [-0.39, 0.29) is 19.0 Å². The number of hydrogen-bond acceptors (Lipinski definition) is 4. The minimum absolute atomic E-state index is 0.0241. The summed E-state index contributed by atoms with van der Waals surface area (Å²) in [6.07, 6.45) is 0. The second-order valence-corrected chi connectivity index (χ2v) is 5.16. The molecule has 0 unspecified atom stereocenters. The number of hydroxylamine groups is 1. The number of carbonyl (C=O) groups excluding carboxylic acids is 2. The molecule has 1 aromatic rings. The minimum Gasteiger partial charge on any atom is -0.394 e. The van der Waals surface area contributed by atoms with Gasteiger partial charge in [-0.1, -0.05) is 32.9 Å². The zero-order chi connectivity index (χ0) is 14.5. The van der Waals surface area contributed by atoms with Crippen molar-refractivity contribution in [2.45, 2.75) is 20.8 Å². The minimum atomic E-state index is -0.450. The predicted molar refractivity (Wildman–Crippen MR) is 70.7 cm³/mol. The molecule has 0 atom stereocenters. The van der Waals surface area contributed by atoms with Crippen molar-refractivity contribution in [2.75, 3.05) is 13.2 Å². The summed E-state index contributed by atoms with van der Waals surface area (Å²) < 4.78 is 0. The normalized spacial score (nSPS) is 11.2. The summed E-state index contributed by atoms with van der Waals surface area (Å²) in [6, 6.07) is 6.37. The molecule has 0 saturated heterocycles. The van der Waals surface area contributed by atoms with Crippen molar-refractivity contribution in [3.05, 3.63) is 35.4 Å². The van der Waals surface area contributed by atoms with E-state index < -0.39 is 11.3 Å². The van der Waals surface area contributed by atoms with Crippen LogP contribution in [-0.4, -0.2) is 30.0 Å². The van der Waals surface area contributed by atoms with Crippen LogP contribution in [0.2, 0.25) is 0 Å². The average molecular weight is 265 g/mol. The fraction of sp³-hybridized carbons (Fsp3) is 0.429. The summed E-state index contributed by atoms with van der Waals surface area (Å²) in [4.78, 5) is 28.3. The fourth-order valence-electron chi connectivity index (χ4n) is 1.43. The lowest BCUT2D eigenvalue weighted by Gasteiger charge is -2.16. The van der Waals surface area contributed by atoms with Gasteiger partial charge >= 0.3 is 0 Å². The average Bonchev–Trinajstić information content (AvgIpc) is 2.37. The second-order valence-electron chi connectivity index (χ2n) is 5.16. The van der Waals surface area contributed by atoms with Gasteiger partial charge in [-0.15, -0.1) is 0 Å².